The van der Waals surface area contributed by atoms with E-state index in [1.807, 2.05) is 6.92 Å². The Labute approximate surface area is 90.0 Å². The molecule has 0 rings (SSSR count). The lowest BCUT2D eigenvalue weighted by molar-refractivity contribution is -0.143. The second kappa shape index (κ2) is 6.40. The van der Waals surface area contributed by atoms with E-state index in [0.29, 0.717) is 6.42 Å². The molecule has 0 aromatic rings. The van der Waals surface area contributed by atoms with Gasteiger partial charge in [-0.25, -0.2) is 4.79 Å². The molecule has 88 valence electrons. The smallest absolute Gasteiger partial charge is 0.326 e. The average molecular weight is 216 g/mol. The number of carbonyl (C=O) groups excluding carboxylic acids is 1. The van der Waals surface area contributed by atoms with Gasteiger partial charge in [0.2, 0.25) is 5.91 Å². The fraction of sp³-hybridized carbons (Fsp3) is 0.800. The Balaban J connectivity index is 4.42. The van der Waals surface area contributed by atoms with E-state index in [1.54, 1.807) is 13.8 Å². The van der Waals surface area contributed by atoms with Gasteiger partial charge < -0.3 is 16.2 Å². The molecule has 0 saturated carbocycles. The SMILES string of the molecule is CCC(C)[C@H](NC(=O)C(C)CN)C(=O)O. The fourth-order valence-corrected chi connectivity index (χ4v) is 1.09. The van der Waals surface area contributed by atoms with Crippen LogP contribution in [0.1, 0.15) is 27.2 Å². The van der Waals surface area contributed by atoms with Gasteiger partial charge in [-0.05, 0) is 5.92 Å². The number of carboxylic acids is 1. The van der Waals surface area contributed by atoms with Crippen molar-refractivity contribution in [3.63, 3.8) is 0 Å². The van der Waals surface area contributed by atoms with Gasteiger partial charge in [-0.15, -0.1) is 0 Å². The largest absolute Gasteiger partial charge is 0.480 e. The zero-order valence-electron chi connectivity index (χ0n) is 9.49. The minimum atomic E-state index is -0.998. The molecule has 0 saturated heterocycles. The van der Waals surface area contributed by atoms with Crippen LogP contribution in [0.3, 0.4) is 0 Å². The van der Waals surface area contributed by atoms with Crippen molar-refractivity contribution in [3.05, 3.63) is 0 Å². The molecule has 0 aromatic heterocycles. The Morgan fingerprint density at radius 2 is 1.93 bits per heavy atom. The van der Waals surface area contributed by atoms with Crippen LogP contribution in [0.25, 0.3) is 0 Å². The van der Waals surface area contributed by atoms with E-state index < -0.39 is 12.0 Å². The lowest BCUT2D eigenvalue weighted by Crippen LogP contribution is -2.47. The quantitative estimate of drug-likeness (QED) is 0.591. The van der Waals surface area contributed by atoms with Gasteiger partial charge >= 0.3 is 5.97 Å². The predicted molar refractivity (Wildman–Crippen MR) is 57.2 cm³/mol. The summed E-state index contributed by atoms with van der Waals surface area (Å²) in [5.41, 5.74) is 5.33. The summed E-state index contributed by atoms with van der Waals surface area (Å²) in [5.74, 6) is -1.74. The molecule has 0 aromatic carbocycles. The third kappa shape index (κ3) is 4.29. The first-order chi connectivity index (χ1) is 6.93. The number of aliphatic carboxylic acids is 1. The molecule has 0 aliphatic carbocycles. The molecule has 2 unspecified atom stereocenters. The predicted octanol–water partition coefficient (Wildman–Crippen LogP) is 0.197. The van der Waals surface area contributed by atoms with Crippen molar-refractivity contribution in [1.82, 2.24) is 5.32 Å². The molecule has 3 atom stereocenters. The van der Waals surface area contributed by atoms with Gasteiger partial charge in [-0.2, -0.15) is 0 Å². The Morgan fingerprint density at radius 1 is 1.40 bits per heavy atom. The zero-order valence-corrected chi connectivity index (χ0v) is 9.49. The third-order valence-corrected chi connectivity index (χ3v) is 2.58. The Kier molecular flexibility index (Phi) is 5.93. The second-order valence-corrected chi connectivity index (χ2v) is 3.85. The number of rotatable bonds is 6. The van der Waals surface area contributed by atoms with Crippen molar-refractivity contribution < 1.29 is 14.7 Å². The normalized spacial score (nSPS) is 16.5. The van der Waals surface area contributed by atoms with Crippen LogP contribution in [0.15, 0.2) is 0 Å². The van der Waals surface area contributed by atoms with E-state index in [9.17, 15) is 9.59 Å². The van der Waals surface area contributed by atoms with E-state index in [4.69, 9.17) is 10.8 Å². The maximum absolute atomic E-state index is 11.5. The van der Waals surface area contributed by atoms with Crippen LogP contribution in [0.2, 0.25) is 0 Å². The van der Waals surface area contributed by atoms with Crippen molar-refractivity contribution in [2.75, 3.05) is 6.54 Å². The zero-order chi connectivity index (χ0) is 12.0. The number of nitrogens with one attached hydrogen (secondary N) is 1. The molecule has 0 radical (unpaired) electrons. The Bertz CT molecular complexity index is 231. The molecule has 5 heteroatoms. The number of carbonyl (C=O) groups is 2. The number of hydrogen-bond acceptors (Lipinski definition) is 3. The van der Waals surface area contributed by atoms with Crippen LogP contribution in [-0.4, -0.2) is 29.6 Å². The Hall–Kier alpha value is -1.10. The minimum absolute atomic E-state index is 0.0866. The summed E-state index contributed by atoms with van der Waals surface area (Å²) < 4.78 is 0. The highest BCUT2D eigenvalue weighted by Crippen LogP contribution is 2.08. The van der Waals surface area contributed by atoms with Crippen LogP contribution in [0.4, 0.5) is 0 Å². The summed E-state index contributed by atoms with van der Waals surface area (Å²) in [7, 11) is 0. The molecule has 0 heterocycles. The third-order valence-electron chi connectivity index (χ3n) is 2.58. The Morgan fingerprint density at radius 3 is 2.27 bits per heavy atom. The molecule has 0 aliphatic rings. The van der Waals surface area contributed by atoms with Crippen LogP contribution in [-0.2, 0) is 9.59 Å². The summed E-state index contributed by atoms with van der Waals surface area (Å²) in [6.07, 6.45) is 0.703. The molecule has 0 spiro atoms. The highest BCUT2D eigenvalue weighted by Gasteiger charge is 2.26. The molecular weight excluding hydrogens is 196 g/mol. The highest BCUT2D eigenvalue weighted by molar-refractivity contribution is 5.85. The maximum atomic E-state index is 11.5. The number of amides is 1. The van der Waals surface area contributed by atoms with Crippen molar-refractivity contribution >= 4 is 11.9 Å². The second-order valence-electron chi connectivity index (χ2n) is 3.85. The van der Waals surface area contributed by atoms with Gasteiger partial charge in [0.1, 0.15) is 6.04 Å². The standard InChI is InChI=1S/C10H20N2O3/c1-4-6(2)8(10(14)15)12-9(13)7(3)5-11/h6-8H,4-5,11H2,1-3H3,(H,12,13)(H,14,15)/t6?,7?,8-/m0/s1. The van der Waals surface area contributed by atoms with E-state index in [-0.39, 0.29) is 24.3 Å². The lowest BCUT2D eigenvalue weighted by atomic mass is 9.98. The molecule has 5 nitrogen and oxygen atoms in total. The van der Waals surface area contributed by atoms with Gasteiger partial charge in [0, 0.05) is 12.5 Å². The first kappa shape index (κ1) is 13.9. The maximum Gasteiger partial charge on any atom is 0.326 e. The lowest BCUT2D eigenvalue weighted by Gasteiger charge is -2.21. The van der Waals surface area contributed by atoms with Gasteiger partial charge in [0.05, 0.1) is 0 Å². The van der Waals surface area contributed by atoms with Crippen LogP contribution >= 0.6 is 0 Å². The van der Waals surface area contributed by atoms with E-state index in [1.165, 1.54) is 0 Å². The summed E-state index contributed by atoms with van der Waals surface area (Å²) in [4.78, 5) is 22.4. The van der Waals surface area contributed by atoms with Gasteiger partial charge in [-0.1, -0.05) is 27.2 Å². The van der Waals surface area contributed by atoms with Crippen molar-refractivity contribution in [1.29, 1.82) is 0 Å². The van der Waals surface area contributed by atoms with E-state index in [2.05, 4.69) is 5.32 Å². The molecule has 4 N–H and O–H groups in total. The summed E-state index contributed by atoms with van der Waals surface area (Å²) >= 11 is 0. The van der Waals surface area contributed by atoms with Gasteiger partial charge in [0.25, 0.3) is 0 Å². The fourth-order valence-electron chi connectivity index (χ4n) is 1.09. The first-order valence-corrected chi connectivity index (χ1v) is 5.17. The number of carboxylic acid groups (broad SMARTS) is 1. The van der Waals surface area contributed by atoms with Crippen LogP contribution < -0.4 is 11.1 Å². The summed E-state index contributed by atoms with van der Waals surface area (Å²) in [6, 6.07) is -0.823. The van der Waals surface area contributed by atoms with Gasteiger partial charge in [0.15, 0.2) is 0 Å². The van der Waals surface area contributed by atoms with Crippen LogP contribution in [0.5, 0.6) is 0 Å². The molecule has 0 aliphatic heterocycles. The number of nitrogens with two attached hydrogens (primary N) is 1. The first-order valence-electron chi connectivity index (χ1n) is 5.17. The van der Waals surface area contributed by atoms with Crippen LogP contribution in [0, 0.1) is 11.8 Å². The molecular formula is C10H20N2O3. The van der Waals surface area contributed by atoms with Crippen molar-refractivity contribution in [2.24, 2.45) is 17.6 Å². The summed E-state index contributed by atoms with van der Waals surface area (Å²) in [5, 5.41) is 11.4. The summed E-state index contributed by atoms with van der Waals surface area (Å²) in [6.45, 7) is 5.58. The monoisotopic (exact) mass is 216 g/mol. The van der Waals surface area contributed by atoms with Gasteiger partial charge in [-0.3, -0.25) is 4.79 Å². The topological polar surface area (TPSA) is 92.4 Å². The average Bonchev–Trinajstić information content (AvgIpc) is 2.22. The molecule has 1 amide bonds. The molecule has 0 bridgehead atoms. The van der Waals surface area contributed by atoms with Crippen molar-refractivity contribution in [3.8, 4) is 0 Å². The van der Waals surface area contributed by atoms with E-state index >= 15 is 0 Å². The number of hydrogen-bond donors (Lipinski definition) is 3. The highest BCUT2D eigenvalue weighted by atomic mass is 16.4. The van der Waals surface area contributed by atoms with E-state index in [0.717, 1.165) is 0 Å². The molecule has 0 fully saturated rings. The minimum Gasteiger partial charge on any atom is -0.480 e. The van der Waals surface area contributed by atoms with Crippen molar-refractivity contribution in [2.45, 2.75) is 33.2 Å². The molecule has 15 heavy (non-hydrogen) atoms.